The van der Waals surface area contributed by atoms with Gasteiger partial charge in [0.1, 0.15) is 18.1 Å². The number of hydrogen-bond acceptors (Lipinski definition) is 4. The zero-order valence-electron chi connectivity index (χ0n) is 10.3. The molecule has 0 aliphatic rings. The highest BCUT2D eigenvalue weighted by Crippen LogP contribution is 2.34. The average Bonchev–Trinajstić information content (AvgIpc) is 2.43. The molecule has 106 valence electrons. The van der Waals surface area contributed by atoms with Crippen LogP contribution in [0.2, 0.25) is 10.0 Å². The number of nitrogens with two attached hydrogens (primary N) is 1. The normalized spacial score (nSPS) is 10.4. The van der Waals surface area contributed by atoms with Crippen LogP contribution in [0.25, 0.3) is 0 Å². The molecule has 0 saturated carbocycles. The van der Waals surface area contributed by atoms with Crippen LogP contribution in [0, 0.1) is 3.57 Å². The van der Waals surface area contributed by atoms with Gasteiger partial charge in [-0.2, -0.15) is 0 Å². The molecule has 0 fully saturated rings. The molecule has 1 aromatic carbocycles. The van der Waals surface area contributed by atoms with Crippen LogP contribution in [-0.4, -0.2) is 18.1 Å². The molecule has 4 nitrogen and oxygen atoms in total. The molecule has 0 atom stereocenters. The lowest BCUT2D eigenvalue weighted by Crippen LogP contribution is -2.10. The van der Waals surface area contributed by atoms with Crippen molar-refractivity contribution in [2.24, 2.45) is 5.73 Å². The maximum absolute atomic E-state index is 5.98. The second-order valence-electron chi connectivity index (χ2n) is 3.77. The molecular formula is C13H11Cl2IN2O2. The summed E-state index contributed by atoms with van der Waals surface area (Å²) in [6.45, 7) is 0.886. The lowest BCUT2D eigenvalue weighted by atomic mass is 10.3. The van der Waals surface area contributed by atoms with Crippen LogP contribution < -0.4 is 15.2 Å². The minimum absolute atomic E-state index is 0.413. The molecule has 0 aliphatic heterocycles. The molecule has 0 amide bonds. The van der Waals surface area contributed by atoms with Crippen molar-refractivity contribution in [2.75, 3.05) is 13.2 Å². The molecule has 0 spiro atoms. The minimum atomic E-state index is 0.413. The van der Waals surface area contributed by atoms with Gasteiger partial charge in [0.2, 0.25) is 5.88 Å². The van der Waals surface area contributed by atoms with Crippen molar-refractivity contribution in [2.45, 2.75) is 0 Å². The van der Waals surface area contributed by atoms with E-state index in [1.807, 2.05) is 0 Å². The van der Waals surface area contributed by atoms with Crippen molar-refractivity contribution < 1.29 is 9.47 Å². The monoisotopic (exact) mass is 424 g/mol. The SMILES string of the molecule is NCCOc1ccnc(Oc2cc(Cl)c(Cl)cc2I)c1. The van der Waals surface area contributed by atoms with Crippen LogP contribution >= 0.6 is 45.8 Å². The smallest absolute Gasteiger partial charge is 0.222 e. The number of benzene rings is 1. The van der Waals surface area contributed by atoms with E-state index in [4.69, 9.17) is 38.4 Å². The quantitative estimate of drug-likeness (QED) is 0.579. The van der Waals surface area contributed by atoms with Crippen LogP contribution in [0.5, 0.6) is 17.4 Å². The zero-order chi connectivity index (χ0) is 14.5. The molecule has 7 heteroatoms. The molecule has 0 bridgehead atoms. The number of halogens is 3. The van der Waals surface area contributed by atoms with Crippen LogP contribution in [0.3, 0.4) is 0 Å². The third-order valence-electron chi connectivity index (χ3n) is 2.28. The van der Waals surface area contributed by atoms with Crippen molar-refractivity contribution in [3.8, 4) is 17.4 Å². The fraction of sp³-hybridized carbons (Fsp3) is 0.154. The Hall–Kier alpha value is -0.760. The largest absolute Gasteiger partial charge is 0.492 e. The van der Waals surface area contributed by atoms with E-state index >= 15 is 0 Å². The van der Waals surface area contributed by atoms with Gasteiger partial charge < -0.3 is 15.2 Å². The Kier molecular flexibility index (Phi) is 5.71. The van der Waals surface area contributed by atoms with Gasteiger partial charge in [-0.25, -0.2) is 4.98 Å². The summed E-state index contributed by atoms with van der Waals surface area (Å²) in [6.07, 6.45) is 1.60. The molecule has 2 rings (SSSR count). The average molecular weight is 425 g/mol. The fourth-order valence-corrected chi connectivity index (χ4v) is 2.49. The van der Waals surface area contributed by atoms with Crippen molar-refractivity contribution in [1.29, 1.82) is 0 Å². The maximum atomic E-state index is 5.98. The first-order chi connectivity index (χ1) is 9.60. The second-order valence-corrected chi connectivity index (χ2v) is 5.74. The summed E-state index contributed by atoms with van der Waals surface area (Å²) in [7, 11) is 0. The lowest BCUT2D eigenvalue weighted by molar-refractivity contribution is 0.325. The number of ether oxygens (including phenoxy) is 2. The number of rotatable bonds is 5. The van der Waals surface area contributed by atoms with E-state index in [0.29, 0.717) is 40.6 Å². The molecule has 2 aromatic rings. The molecule has 0 radical (unpaired) electrons. The first kappa shape index (κ1) is 15.6. The topological polar surface area (TPSA) is 57.4 Å². The molecule has 0 saturated heterocycles. The summed E-state index contributed by atoms with van der Waals surface area (Å²) in [6, 6.07) is 6.81. The number of nitrogens with zero attached hydrogens (tertiary/aromatic N) is 1. The highest BCUT2D eigenvalue weighted by Gasteiger charge is 2.09. The Balaban J connectivity index is 2.19. The van der Waals surface area contributed by atoms with E-state index in [1.54, 1.807) is 30.5 Å². The van der Waals surface area contributed by atoms with Crippen LogP contribution in [-0.2, 0) is 0 Å². The Bertz CT molecular complexity index is 611. The Labute approximate surface area is 140 Å². The van der Waals surface area contributed by atoms with E-state index in [2.05, 4.69) is 27.6 Å². The standard InChI is InChI=1S/C13H11Cl2IN2O2/c14-9-6-11(16)12(7-10(9)15)20-13-5-8(1-3-18-13)19-4-2-17/h1,3,5-7H,2,4,17H2. The molecule has 20 heavy (non-hydrogen) atoms. The Morgan fingerprint density at radius 3 is 2.70 bits per heavy atom. The van der Waals surface area contributed by atoms with Crippen molar-refractivity contribution in [3.63, 3.8) is 0 Å². The second kappa shape index (κ2) is 7.31. The van der Waals surface area contributed by atoms with E-state index in [9.17, 15) is 0 Å². The minimum Gasteiger partial charge on any atom is -0.492 e. The predicted octanol–water partition coefficient (Wildman–Crippen LogP) is 4.12. The molecule has 2 N–H and O–H groups in total. The Morgan fingerprint density at radius 1 is 1.20 bits per heavy atom. The van der Waals surface area contributed by atoms with E-state index in [0.717, 1.165) is 3.57 Å². The third-order valence-corrected chi connectivity index (χ3v) is 3.85. The summed E-state index contributed by atoms with van der Waals surface area (Å²) in [5, 5.41) is 0.911. The molecule has 1 aromatic heterocycles. The first-order valence-corrected chi connectivity index (χ1v) is 7.55. The van der Waals surface area contributed by atoms with Gasteiger partial charge in [-0.15, -0.1) is 0 Å². The molecule has 0 unspecified atom stereocenters. The summed E-state index contributed by atoms with van der Waals surface area (Å²) >= 11 is 14.0. The Morgan fingerprint density at radius 2 is 1.95 bits per heavy atom. The summed E-state index contributed by atoms with van der Waals surface area (Å²) in [4.78, 5) is 4.12. The van der Waals surface area contributed by atoms with E-state index < -0.39 is 0 Å². The van der Waals surface area contributed by atoms with E-state index in [1.165, 1.54) is 0 Å². The van der Waals surface area contributed by atoms with Crippen molar-refractivity contribution >= 4 is 45.8 Å². The van der Waals surface area contributed by atoms with E-state index in [-0.39, 0.29) is 0 Å². The van der Waals surface area contributed by atoms with Gasteiger partial charge in [0.15, 0.2) is 0 Å². The molecule has 1 heterocycles. The number of aromatic nitrogens is 1. The molecular weight excluding hydrogens is 414 g/mol. The lowest BCUT2D eigenvalue weighted by Gasteiger charge is -2.10. The van der Waals surface area contributed by atoms with Gasteiger partial charge in [0, 0.05) is 24.9 Å². The third kappa shape index (κ3) is 4.12. The predicted molar refractivity (Wildman–Crippen MR) is 88.0 cm³/mol. The molecule has 0 aliphatic carbocycles. The van der Waals surface area contributed by atoms with Crippen molar-refractivity contribution in [3.05, 3.63) is 44.1 Å². The van der Waals surface area contributed by atoms with Gasteiger partial charge in [-0.3, -0.25) is 0 Å². The van der Waals surface area contributed by atoms with Gasteiger partial charge in [0.05, 0.1) is 13.6 Å². The van der Waals surface area contributed by atoms with Gasteiger partial charge in [-0.05, 0) is 34.7 Å². The van der Waals surface area contributed by atoms with Gasteiger partial charge in [-0.1, -0.05) is 23.2 Å². The number of pyridine rings is 1. The van der Waals surface area contributed by atoms with Crippen LogP contribution in [0.1, 0.15) is 0 Å². The van der Waals surface area contributed by atoms with Crippen LogP contribution in [0.15, 0.2) is 30.5 Å². The summed E-state index contributed by atoms with van der Waals surface area (Å²) < 4.78 is 11.9. The van der Waals surface area contributed by atoms with Crippen molar-refractivity contribution in [1.82, 2.24) is 4.98 Å². The number of hydrogen-bond donors (Lipinski definition) is 1. The maximum Gasteiger partial charge on any atom is 0.222 e. The first-order valence-electron chi connectivity index (χ1n) is 5.71. The van der Waals surface area contributed by atoms with Crippen LogP contribution in [0.4, 0.5) is 0 Å². The zero-order valence-corrected chi connectivity index (χ0v) is 13.9. The van der Waals surface area contributed by atoms with Gasteiger partial charge in [0.25, 0.3) is 0 Å². The highest BCUT2D eigenvalue weighted by molar-refractivity contribution is 14.1. The summed E-state index contributed by atoms with van der Waals surface area (Å²) in [5.74, 6) is 1.65. The van der Waals surface area contributed by atoms with Gasteiger partial charge >= 0.3 is 0 Å². The fourth-order valence-electron chi connectivity index (χ4n) is 1.41. The summed E-state index contributed by atoms with van der Waals surface area (Å²) in [5.41, 5.74) is 5.39. The highest BCUT2D eigenvalue weighted by atomic mass is 127.